The molecule has 2 amide bonds. The normalized spacial score (nSPS) is 16.8. The van der Waals surface area contributed by atoms with Gasteiger partial charge in [0.1, 0.15) is 6.04 Å². The highest BCUT2D eigenvalue weighted by molar-refractivity contribution is 7.89. The predicted molar refractivity (Wildman–Crippen MR) is 111 cm³/mol. The number of anilines is 1. The minimum absolute atomic E-state index is 0.113. The van der Waals surface area contributed by atoms with Crippen molar-refractivity contribution >= 4 is 33.5 Å². The number of benzene rings is 1. The zero-order valence-electron chi connectivity index (χ0n) is 17.4. The zero-order chi connectivity index (χ0) is 22.5. The molecule has 0 unspecified atom stereocenters. The van der Waals surface area contributed by atoms with Gasteiger partial charge in [-0.05, 0) is 49.4 Å². The van der Waals surface area contributed by atoms with Gasteiger partial charge >= 0.3 is 5.97 Å². The molecule has 0 aliphatic carbocycles. The van der Waals surface area contributed by atoms with Crippen molar-refractivity contribution in [3.63, 3.8) is 0 Å². The van der Waals surface area contributed by atoms with E-state index in [4.69, 9.17) is 0 Å². The number of carboxylic acids is 1. The second kappa shape index (κ2) is 10.0. The Morgan fingerprint density at radius 1 is 1.13 bits per heavy atom. The fraction of sp³-hybridized carbons (Fsp3) is 0.550. The summed E-state index contributed by atoms with van der Waals surface area (Å²) in [6.07, 6.45) is 0.981. The summed E-state index contributed by atoms with van der Waals surface area (Å²) in [6, 6.07) is 4.97. The van der Waals surface area contributed by atoms with E-state index in [1.165, 1.54) is 35.5 Å². The van der Waals surface area contributed by atoms with Crippen molar-refractivity contribution in [1.82, 2.24) is 9.62 Å². The largest absolute Gasteiger partial charge is 0.480 e. The number of sulfonamides is 1. The Morgan fingerprint density at radius 3 is 2.17 bits per heavy atom. The Balaban J connectivity index is 1.97. The molecule has 1 saturated heterocycles. The monoisotopic (exact) mass is 439 g/mol. The van der Waals surface area contributed by atoms with Gasteiger partial charge in [-0.2, -0.15) is 4.31 Å². The molecule has 2 rings (SSSR count). The third kappa shape index (κ3) is 6.27. The lowest BCUT2D eigenvalue weighted by Gasteiger charge is -2.31. The summed E-state index contributed by atoms with van der Waals surface area (Å²) in [7, 11) is -3.71. The molecule has 1 heterocycles. The molecule has 3 N–H and O–H groups in total. The Hall–Kier alpha value is -2.46. The Kier molecular flexibility index (Phi) is 7.96. The van der Waals surface area contributed by atoms with E-state index in [9.17, 15) is 27.9 Å². The fourth-order valence-electron chi connectivity index (χ4n) is 3.40. The molecule has 0 radical (unpaired) electrons. The molecule has 30 heavy (non-hydrogen) atoms. The van der Waals surface area contributed by atoms with Crippen LogP contribution in [0.4, 0.5) is 5.69 Å². The van der Waals surface area contributed by atoms with Crippen LogP contribution in [0.25, 0.3) is 0 Å². The van der Waals surface area contributed by atoms with E-state index in [1.807, 2.05) is 13.8 Å². The molecule has 1 aromatic carbocycles. The van der Waals surface area contributed by atoms with Crippen molar-refractivity contribution in [1.29, 1.82) is 0 Å². The van der Waals surface area contributed by atoms with E-state index in [2.05, 4.69) is 10.6 Å². The number of carboxylic acid groups (broad SMARTS) is 1. The molecular weight excluding hydrogens is 410 g/mol. The zero-order valence-corrected chi connectivity index (χ0v) is 18.2. The molecule has 9 nitrogen and oxygen atoms in total. The molecule has 1 aromatic rings. The summed E-state index contributed by atoms with van der Waals surface area (Å²) < 4.78 is 27.0. The molecule has 1 aliphatic rings. The van der Waals surface area contributed by atoms with Gasteiger partial charge in [0.05, 0.1) is 4.90 Å². The van der Waals surface area contributed by atoms with Crippen molar-refractivity contribution in [2.24, 2.45) is 11.8 Å². The van der Waals surface area contributed by atoms with E-state index in [-0.39, 0.29) is 35.7 Å². The van der Waals surface area contributed by atoms with Gasteiger partial charge in [0.15, 0.2) is 0 Å². The number of hydrogen-bond donors (Lipinski definition) is 3. The molecule has 1 atom stereocenters. The number of piperidine rings is 1. The number of carbonyl (C=O) groups excluding carboxylic acids is 2. The van der Waals surface area contributed by atoms with Gasteiger partial charge in [0.25, 0.3) is 0 Å². The van der Waals surface area contributed by atoms with Crippen molar-refractivity contribution < 1.29 is 27.9 Å². The molecular formula is C20H29N3O6S. The lowest BCUT2D eigenvalue weighted by atomic mass is 9.96. The van der Waals surface area contributed by atoms with Gasteiger partial charge in [0.2, 0.25) is 21.8 Å². The van der Waals surface area contributed by atoms with E-state index in [0.717, 1.165) is 0 Å². The van der Waals surface area contributed by atoms with Crippen LogP contribution in [0.1, 0.15) is 40.0 Å². The van der Waals surface area contributed by atoms with Crippen LogP contribution in [-0.2, 0) is 24.4 Å². The van der Waals surface area contributed by atoms with Gasteiger partial charge in [-0.15, -0.1) is 0 Å². The molecule has 0 saturated carbocycles. The summed E-state index contributed by atoms with van der Waals surface area (Å²) >= 11 is 0. The number of nitrogens with one attached hydrogen (secondary N) is 2. The lowest BCUT2D eigenvalue weighted by molar-refractivity contribution is -0.143. The predicted octanol–water partition coefficient (Wildman–Crippen LogP) is 1.66. The number of nitrogens with zero attached hydrogens (tertiary/aromatic N) is 1. The number of hydrogen-bond acceptors (Lipinski definition) is 5. The van der Waals surface area contributed by atoms with Crippen LogP contribution in [-0.4, -0.2) is 54.7 Å². The standard InChI is InChI=1S/C20H29N3O6S/c1-13(2)12-18(20(26)27)22-19(25)15-8-10-23(11-9-15)30(28,29)17-6-4-16(5-7-17)21-14(3)24/h4-7,13,15,18H,8-12H2,1-3H3,(H,21,24)(H,22,25)(H,26,27)/t18-/m0/s1. The number of rotatable bonds is 8. The van der Waals surface area contributed by atoms with E-state index < -0.39 is 28.0 Å². The number of amides is 2. The first-order chi connectivity index (χ1) is 14.0. The Morgan fingerprint density at radius 2 is 1.70 bits per heavy atom. The third-order valence-corrected chi connectivity index (χ3v) is 6.87. The molecule has 10 heteroatoms. The average molecular weight is 440 g/mol. The van der Waals surface area contributed by atoms with Gasteiger partial charge in [0, 0.05) is 31.6 Å². The smallest absolute Gasteiger partial charge is 0.326 e. The van der Waals surface area contributed by atoms with E-state index in [1.54, 1.807) is 0 Å². The van der Waals surface area contributed by atoms with Crippen molar-refractivity contribution in [2.75, 3.05) is 18.4 Å². The first-order valence-corrected chi connectivity index (χ1v) is 11.4. The van der Waals surface area contributed by atoms with Crippen LogP contribution in [0.2, 0.25) is 0 Å². The first kappa shape index (κ1) is 23.8. The van der Waals surface area contributed by atoms with Crippen LogP contribution in [0.3, 0.4) is 0 Å². The molecule has 0 bridgehead atoms. The highest BCUT2D eigenvalue weighted by atomic mass is 32.2. The summed E-state index contributed by atoms with van der Waals surface area (Å²) in [4.78, 5) is 35.0. The topological polar surface area (TPSA) is 133 Å². The summed E-state index contributed by atoms with van der Waals surface area (Å²) in [6.45, 7) is 5.49. The van der Waals surface area contributed by atoms with Gasteiger partial charge in [-0.1, -0.05) is 13.8 Å². The van der Waals surface area contributed by atoms with Crippen LogP contribution in [0.15, 0.2) is 29.2 Å². The Bertz CT molecular complexity index is 874. The first-order valence-electron chi connectivity index (χ1n) is 9.91. The third-order valence-electron chi connectivity index (χ3n) is 4.96. The summed E-state index contributed by atoms with van der Waals surface area (Å²) in [5.74, 6) is -1.97. The van der Waals surface area contributed by atoms with Crippen molar-refractivity contribution in [3.8, 4) is 0 Å². The van der Waals surface area contributed by atoms with Crippen molar-refractivity contribution in [2.45, 2.75) is 51.0 Å². The van der Waals surface area contributed by atoms with Crippen LogP contribution < -0.4 is 10.6 Å². The van der Waals surface area contributed by atoms with Gasteiger partial charge in [-0.25, -0.2) is 13.2 Å². The highest BCUT2D eigenvalue weighted by Crippen LogP contribution is 2.25. The molecule has 166 valence electrons. The summed E-state index contributed by atoms with van der Waals surface area (Å²) in [5, 5.41) is 14.5. The summed E-state index contributed by atoms with van der Waals surface area (Å²) in [5.41, 5.74) is 0.506. The maximum atomic E-state index is 12.8. The van der Waals surface area contributed by atoms with Crippen LogP contribution >= 0.6 is 0 Å². The van der Waals surface area contributed by atoms with E-state index >= 15 is 0 Å². The minimum atomic E-state index is -3.71. The van der Waals surface area contributed by atoms with Crippen LogP contribution in [0.5, 0.6) is 0 Å². The highest BCUT2D eigenvalue weighted by Gasteiger charge is 2.33. The van der Waals surface area contributed by atoms with Gasteiger partial charge in [-0.3, -0.25) is 9.59 Å². The number of carbonyl (C=O) groups is 3. The van der Waals surface area contributed by atoms with Crippen LogP contribution in [0, 0.1) is 11.8 Å². The van der Waals surface area contributed by atoms with Crippen molar-refractivity contribution in [3.05, 3.63) is 24.3 Å². The van der Waals surface area contributed by atoms with E-state index in [0.29, 0.717) is 24.9 Å². The molecule has 0 aromatic heterocycles. The quantitative estimate of drug-likeness (QED) is 0.564. The molecule has 1 aliphatic heterocycles. The maximum absolute atomic E-state index is 12.8. The maximum Gasteiger partial charge on any atom is 0.326 e. The SMILES string of the molecule is CC(=O)Nc1ccc(S(=O)(=O)N2CCC(C(=O)N[C@@H](CC(C)C)C(=O)O)CC2)cc1. The molecule has 1 fully saturated rings. The number of aliphatic carboxylic acids is 1. The minimum Gasteiger partial charge on any atom is -0.480 e. The average Bonchev–Trinajstić information content (AvgIpc) is 2.67. The molecule has 0 spiro atoms. The second-order valence-electron chi connectivity index (χ2n) is 7.91. The van der Waals surface area contributed by atoms with Gasteiger partial charge < -0.3 is 15.7 Å². The lowest BCUT2D eigenvalue weighted by Crippen LogP contribution is -2.47. The Labute approximate surface area is 176 Å². The second-order valence-corrected chi connectivity index (χ2v) is 9.85. The fourth-order valence-corrected chi connectivity index (χ4v) is 4.87.